The van der Waals surface area contributed by atoms with E-state index < -0.39 is 11.9 Å². The number of nitrogens with zero attached hydrogens (tertiary/aromatic N) is 2. The lowest BCUT2D eigenvalue weighted by Gasteiger charge is -2.31. The minimum Gasteiger partial charge on any atom is -0.360 e. The van der Waals surface area contributed by atoms with Crippen LogP contribution in [0.3, 0.4) is 0 Å². The van der Waals surface area contributed by atoms with E-state index in [-0.39, 0.29) is 24.8 Å². The Bertz CT molecular complexity index is 812. The summed E-state index contributed by atoms with van der Waals surface area (Å²) in [6, 6.07) is 10.7. The molecule has 1 aromatic heterocycles. The molecule has 0 bridgehead atoms. The molecule has 23 heavy (non-hydrogen) atoms. The smallest absolute Gasteiger partial charge is 0.250 e. The van der Waals surface area contributed by atoms with Gasteiger partial charge in [0.05, 0.1) is 18.7 Å². The summed E-state index contributed by atoms with van der Waals surface area (Å²) in [7, 11) is 0. The minimum absolute atomic E-state index is 0.000526. The number of hydrogen-bond acceptors (Lipinski definition) is 4. The van der Waals surface area contributed by atoms with Crippen LogP contribution in [-0.2, 0) is 14.4 Å². The monoisotopic (exact) mass is 310 g/mol. The van der Waals surface area contributed by atoms with E-state index in [4.69, 9.17) is 0 Å². The van der Waals surface area contributed by atoms with E-state index in [1.807, 2.05) is 41.1 Å². The average molecular weight is 310 g/mol. The van der Waals surface area contributed by atoms with Crippen LogP contribution in [0.15, 0.2) is 42.6 Å². The fourth-order valence-corrected chi connectivity index (χ4v) is 3.07. The zero-order chi connectivity index (χ0) is 16.0. The Morgan fingerprint density at radius 1 is 1.04 bits per heavy atom. The Hall–Kier alpha value is -3.09. The quantitative estimate of drug-likeness (QED) is 0.798. The summed E-state index contributed by atoms with van der Waals surface area (Å²) in [6.07, 6.45) is 1.84. The van der Waals surface area contributed by atoms with Gasteiger partial charge < -0.3 is 9.88 Å². The van der Waals surface area contributed by atoms with Gasteiger partial charge in [-0.25, -0.2) is 0 Å². The lowest BCUT2D eigenvalue weighted by molar-refractivity contribution is -0.126. The molecule has 1 unspecified atom stereocenters. The molecule has 2 N–H and O–H groups in total. The lowest BCUT2D eigenvalue weighted by Crippen LogP contribution is -2.49. The highest BCUT2D eigenvalue weighted by molar-refractivity contribution is 6.13. The summed E-state index contributed by atoms with van der Waals surface area (Å²) in [5, 5.41) is 5.35. The third-order valence-electron chi connectivity index (χ3n) is 4.09. The maximum atomic E-state index is 12.3. The largest absolute Gasteiger partial charge is 0.360 e. The number of nitrogens with one attached hydrogen (secondary N) is 2. The molecule has 0 radical (unpaired) electrons. The number of rotatable bonds is 2. The molecule has 0 spiro atoms. The normalized spacial score (nSPS) is 20.3. The molecule has 2 aromatic rings. The number of hydrogen-bond donors (Lipinski definition) is 2. The van der Waals surface area contributed by atoms with Gasteiger partial charge >= 0.3 is 0 Å². The van der Waals surface area contributed by atoms with Crippen LogP contribution < -0.4 is 15.5 Å². The van der Waals surface area contributed by atoms with Crippen molar-refractivity contribution in [2.45, 2.75) is 12.5 Å². The van der Waals surface area contributed by atoms with Crippen LogP contribution in [0.5, 0.6) is 0 Å². The third-order valence-corrected chi connectivity index (χ3v) is 4.09. The third kappa shape index (κ3) is 2.09. The molecule has 0 aliphatic carbocycles. The number of para-hydroxylation sites is 1. The Balaban J connectivity index is 1.78. The van der Waals surface area contributed by atoms with Crippen molar-refractivity contribution in [3.8, 4) is 5.69 Å². The van der Waals surface area contributed by atoms with Crippen molar-refractivity contribution < 1.29 is 14.4 Å². The molecule has 1 aromatic carbocycles. The van der Waals surface area contributed by atoms with E-state index >= 15 is 0 Å². The Morgan fingerprint density at radius 2 is 1.83 bits per heavy atom. The molecular formula is C16H14N4O3. The van der Waals surface area contributed by atoms with Crippen LogP contribution in [0, 0.1) is 0 Å². The summed E-state index contributed by atoms with van der Waals surface area (Å²) in [5.74, 6) is -0.264. The first kappa shape index (κ1) is 13.6. The Kier molecular flexibility index (Phi) is 2.94. The summed E-state index contributed by atoms with van der Waals surface area (Å²) in [4.78, 5) is 37.2. The first-order chi connectivity index (χ1) is 11.1. The number of imide groups is 1. The first-order valence-corrected chi connectivity index (χ1v) is 7.31. The summed E-state index contributed by atoms with van der Waals surface area (Å²) in [5.41, 5.74) is 1.56. The van der Waals surface area contributed by atoms with Crippen molar-refractivity contribution in [2.75, 3.05) is 16.8 Å². The second-order valence-corrected chi connectivity index (χ2v) is 5.50. The molecule has 2 aliphatic rings. The van der Waals surface area contributed by atoms with E-state index in [2.05, 4.69) is 10.6 Å². The van der Waals surface area contributed by atoms with Gasteiger partial charge in [0.1, 0.15) is 11.9 Å². The second-order valence-electron chi connectivity index (χ2n) is 5.50. The van der Waals surface area contributed by atoms with E-state index in [0.29, 0.717) is 5.69 Å². The number of benzene rings is 1. The lowest BCUT2D eigenvalue weighted by atomic mass is 10.1. The highest BCUT2D eigenvalue weighted by Gasteiger charge is 2.41. The van der Waals surface area contributed by atoms with Crippen LogP contribution in [-0.4, -0.2) is 34.9 Å². The number of amides is 3. The van der Waals surface area contributed by atoms with Crippen molar-refractivity contribution in [1.29, 1.82) is 0 Å². The fraction of sp³-hybridized carbons (Fsp3) is 0.188. The molecule has 3 heterocycles. The van der Waals surface area contributed by atoms with Gasteiger partial charge in [0, 0.05) is 11.9 Å². The van der Waals surface area contributed by atoms with Crippen LogP contribution in [0.4, 0.5) is 11.5 Å². The zero-order valence-electron chi connectivity index (χ0n) is 12.2. The number of fused-ring (bicyclic) bond motifs is 1. The topological polar surface area (TPSA) is 83.4 Å². The van der Waals surface area contributed by atoms with Crippen molar-refractivity contribution in [1.82, 2.24) is 9.88 Å². The van der Waals surface area contributed by atoms with Crippen molar-refractivity contribution in [3.05, 3.63) is 42.6 Å². The summed E-state index contributed by atoms with van der Waals surface area (Å²) < 4.78 is 1.92. The van der Waals surface area contributed by atoms with Crippen LogP contribution in [0.25, 0.3) is 5.69 Å². The SMILES string of the molecule is O=C1CC(N2C(=O)CNc3c2ccn3-c2ccccc2)C(=O)N1. The summed E-state index contributed by atoms with van der Waals surface area (Å²) >= 11 is 0. The number of aromatic nitrogens is 1. The van der Waals surface area contributed by atoms with Gasteiger partial charge in [-0.05, 0) is 18.2 Å². The molecule has 116 valence electrons. The van der Waals surface area contributed by atoms with Crippen molar-refractivity contribution >= 4 is 29.2 Å². The van der Waals surface area contributed by atoms with Crippen LogP contribution >= 0.6 is 0 Å². The first-order valence-electron chi connectivity index (χ1n) is 7.31. The molecule has 1 atom stereocenters. The van der Waals surface area contributed by atoms with Crippen molar-refractivity contribution in [3.63, 3.8) is 0 Å². The number of carbonyl (C=O) groups excluding carboxylic acids is 3. The molecular weight excluding hydrogens is 296 g/mol. The molecule has 0 saturated carbocycles. The average Bonchev–Trinajstić information content (AvgIpc) is 3.11. The Morgan fingerprint density at radius 3 is 2.52 bits per heavy atom. The second kappa shape index (κ2) is 4.98. The van der Waals surface area contributed by atoms with Gasteiger partial charge in [-0.2, -0.15) is 0 Å². The van der Waals surface area contributed by atoms with Crippen molar-refractivity contribution in [2.24, 2.45) is 0 Å². The molecule has 1 fully saturated rings. The van der Waals surface area contributed by atoms with Gasteiger partial charge in [0.25, 0.3) is 0 Å². The van der Waals surface area contributed by atoms with Gasteiger partial charge in [-0.3, -0.25) is 24.6 Å². The molecule has 2 aliphatic heterocycles. The van der Waals surface area contributed by atoms with E-state index in [9.17, 15) is 14.4 Å². The standard InChI is InChI=1S/C16H14N4O3/c21-13-8-12(16(23)18-13)20-11-6-7-19(10-4-2-1-3-5-10)15(11)17-9-14(20)22/h1-7,12,17H,8-9H2,(H,18,21,23). The molecule has 1 saturated heterocycles. The van der Waals surface area contributed by atoms with Gasteiger partial charge in [-0.15, -0.1) is 0 Å². The highest BCUT2D eigenvalue weighted by atomic mass is 16.2. The number of carbonyl (C=O) groups is 3. The molecule has 7 nitrogen and oxygen atoms in total. The predicted molar refractivity (Wildman–Crippen MR) is 83.3 cm³/mol. The molecule has 7 heteroatoms. The number of anilines is 2. The van der Waals surface area contributed by atoms with Gasteiger partial charge in [0.15, 0.2) is 0 Å². The maximum absolute atomic E-state index is 12.3. The van der Waals surface area contributed by atoms with Gasteiger partial charge in [-0.1, -0.05) is 18.2 Å². The molecule has 4 rings (SSSR count). The minimum atomic E-state index is -0.775. The predicted octanol–water partition coefficient (Wildman–Crippen LogP) is 0.651. The highest BCUT2D eigenvalue weighted by Crippen LogP contribution is 2.35. The van der Waals surface area contributed by atoms with Crippen LogP contribution in [0.1, 0.15) is 6.42 Å². The Labute approximate surface area is 131 Å². The van der Waals surface area contributed by atoms with E-state index in [1.165, 1.54) is 4.90 Å². The molecule has 3 amide bonds. The maximum Gasteiger partial charge on any atom is 0.250 e. The van der Waals surface area contributed by atoms with Crippen LogP contribution in [0.2, 0.25) is 0 Å². The fourth-order valence-electron chi connectivity index (χ4n) is 3.07. The van der Waals surface area contributed by atoms with Gasteiger partial charge in [0.2, 0.25) is 17.7 Å². The summed E-state index contributed by atoms with van der Waals surface area (Å²) in [6.45, 7) is 0.0851. The van der Waals surface area contributed by atoms with E-state index in [1.54, 1.807) is 6.07 Å². The zero-order valence-corrected chi connectivity index (χ0v) is 12.2. The van der Waals surface area contributed by atoms with E-state index in [0.717, 1.165) is 11.5 Å².